The number of methoxy groups -OCH3 is 2. The molecule has 0 bridgehead atoms. The van der Waals surface area contributed by atoms with Gasteiger partial charge in [0.25, 0.3) is 0 Å². The van der Waals surface area contributed by atoms with Gasteiger partial charge in [-0.05, 0) is 29.8 Å². The monoisotopic (exact) mass is 434 g/mol. The summed E-state index contributed by atoms with van der Waals surface area (Å²) in [4.78, 5) is 28.5. The lowest BCUT2D eigenvalue weighted by atomic mass is 10.1. The minimum absolute atomic E-state index is 0.0283. The highest BCUT2D eigenvalue weighted by Gasteiger charge is 2.18. The van der Waals surface area contributed by atoms with Crippen LogP contribution in [-0.2, 0) is 22.5 Å². The predicted octanol–water partition coefficient (Wildman–Crippen LogP) is 3.82. The molecule has 0 aliphatic rings. The predicted molar refractivity (Wildman–Crippen MR) is 107 cm³/mol. The topological polar surface area (TPSA) is 77.5 Å². The maximum atomic E-state index is 13.8. The molecular formula is C21H17ClF2N2O4. The molecule has 156 valence electrons. The van der Waals surface area contributed by atoms with Gasteiger partial charge in [0.15, 0.2) is 11.6 Å². The van der Waals surface area contributed by atoms with Gasteiger partial charge >= 0.3 is 5.97 Å². The number of aromatic nitrogens is 1. The summed E-state index contributed by atoms with van der Waals surface area (Å²) in [5.74, 6) is -3.13. The molecule has 3 aromatic rings. The average Bonchev–Trinajstić information content (AvgIpc) is 2.73. The van der Waals surface area contributed by atoms with E-state index in [1.54, 1.807) is 12.1 Å². The van der Waals surface area contributed by atoms with Crippen molar-refractivity contribution in [1.82, 2.24) is 10.3 Å². The molecule has 30 heavy (non-hydrogen) atoms. The van der Waals surface area contributed by atoms with E-state index in [1.807, 2.05) is 0 Å². The van der Waals surface area contributed by atoms with Gasteiger partial charge in [0.1, 0.15) is 5.56 Å². The van der Waals surface area contributed by atoms with E-state index in [-0.39, 0.29) is 30.0 Å². The van der Waals surface area contributed by atoms with E-state index in [2.05, 4.69) is 10.3 Å². The Balaban J connectivity index is 1.87. The molecule has 0 unspecified atom stereocenters. The number of halogens is 3. The van der Waals surface area contributed by atoms with E-state index in [4.69, 9.17) is 21.1 Å². The smallest absolute Gasteiger partial charge is 0.343 e. The lowest BCUT2D eigenvalue weighted by Gasteiger charge is -2.12. The van der Waals surface area contributed by atoms with E-state index in [0.717, 1.165) is 6.07 Å². The molecule has 0 fully saturated rings. The van der Waals surface area contributed by atoms with Crippen LogP contribution in [0.15, 0.2) is 36.4 Å². The molecule has 0 saturated heterocycles. The molecule has 3 rings (SSSR count). The summed E-state index contributed by atoms with van der Waals surface area (Å²) in [6.07, 6.45) is -0.328. The first-order valence-electron chi connectivity index (χ1n) is 8.79. The number of ether oxygens (including phenoxy) is 2. The average molecular weight is 435 g/mol. The summed E-state index contributed by atoms with van der Waals surface area (Å²) >= 11 is 6.17. The van der Waals surface area contributed by atoms with Crippen LogP contribution in [0.2, 0.25) is 5.02 Å². The van der Waals surface area contributed by atoms with Crippen molar-refractivity contribution in [2.45, 2.75) is 13.0 Å². The van der Waals surface area contributed by atoms with Gasteiger partial charge in [0, 0.05) is 22.5 Å². The fraction of sp³-hybridized carbons (Fsp3) is 0.190. The zero-order valence-electron chi connectivity index (χ0n) is 16.1. The van der Waals surface area contributed by atoms with Gasteiger partial charge in [-0.3, -0.25) is 4.79 Å². The van der Waals surface area contributed by atoms with Crippen LogP contribution < -0.4 is 10.1 Å². The SMILES string of the molecule is COC(=O)c1cc2cc(Cl)cc(CNC(=O)Cc3cccc(F)c3F)c2nc1OC. The third-order valence-corrected chi connectivity index (χ3v) is 4.60. The number of nitrogens with zero attached hydrogens (tertiary/aromatic N) is 1. The highest BCUT2D eigenvalue weighted by molar-refractivity contribution is 6.31. The molecule has 0 atom stereocenters. The second-order valence-electron chi connectivity index (χ2n) is 6.34. The van der Waals surface area contributed by atoms with E-state index >= 15 is 0 Å². The minimum atomic E-state index is -1.05. The summed E-state index contributed by atoms with van der Waals surface area (Å²) < 4.78 is 37.0. The van der Waals surface area contributed by atoms with Gasteiger partial charge in [0.05, 0.1) is 26.2 Å². The number of hydrogen-bond donors (Lipinski definition) is 1. The summed E-state index contributed by atoms with van der Waals surface area (Å²) in [7, 11) is 2.61. The Bertz CT molecular complexity index is 1140. The second-order valence-corrected chi connectivity index (χ2v) is 6.78. The second kappa shape index (κ2) is 9.04. The number of hydrogen-bond acceptors (Lipinski definition) is 5. The van der Waals surface area contributed by atoms with Crippen molar-refractivity contribution >= 4 is 34.4 Å². The maximum Gasteiger partial charge on any atom is 0.343 e. The largest absolute Gasteiger partial charge is 0.480 e. The maximum absolute atomic E-state index is 13.8. The van der Waals surface area contributed by atoms with Crippen molar-refractivity contribution in [3.05, 3.63) is 69.7 Å². The molecular weight excluding hydrogens is 418 g/mol. The lowest BCUT2D eigenvalue weighted by Crippen LogP contribution is -2.25. The molecule has 9 heteroatoms. The molecule has 0 aliphatic heterocycles. The van der Waals surface area contributed by atoms with Crippen LogP contribution in [-0.4, -0.2) is 31.1 Å². The van der Waals surface area contributed by atoms with Crippen LogP contribution in [0.4, 0.5) is 8.78 Å². The summed E-state index contributed by atoms with van der Waals surface area (Å²) in [6, 6.07) is 8.41. The Morgan fingerprint density at radius 2 is 1.90 bits per heavy atom. The molecule has 0 aliphatic carbocycles. The third kappa shape index (κ3) is 4.49. The van der Waals surface area contributed by atoms with Crippen LogP contribution in [0.5, 0.6) is 5.88 Å². The van der Waals surface area contributed by atoms with Gasteiger partial charge in [-0.1, -0.05) is 23.7 Å². The fourth-order valence-electron chi connectivity index (χ4n) is 2.96. The van der Waals surface area contributed by atoms with Crippen molar-refractivity contribution in [1.29, 1.82) is 0 Å². The van der Waals surface area contributed by atoms with Crippen LogP contribution in [0.25, 0.3) is 10.9 Å². The molecule has 1 N–H and O–H groups in total. The van der Waals surface area contributed by atoms with Crippen molar-refractivity contribution in [3.8, 4) is 5.88 Å². The summed E-state index contributed by atoms with van der Waals surface area (Å²) in [5.41, 5.74) is 1.10. The molecule has 0 saturated carbocycles. The third-order valence-electron chi connectivity index (χ3n) is 4.38. The molecule has 0 spiro atoms. The normalized spacial score (nSPS) is 10.7. The zero-order valence-corrected chi connectivity index (χ0v) is 16.8. The zero-order chi connectivity index (χ0) is 21.8. The minimum Gasteiger partial charge on any atom is -0.480 e. The number of carbonyl (C=O) groups excluding carboxylic acids is 2. The van der Waals surface area contributed by atoms with Crippen molar-refractivity contribution in [3.63, 3.8) is 0 Å². The van der Waals surface area contributed by atoms with E-state index in [9.17, 15) is 18.4 Å². The Morgan fingerprint density at radius 1 is 1.13 bits per heavy atom. The first-order valence-corrected chi connectivity index (χ1v) is 9.17. The Hall–Kier alpha value is -3.26. The Kier molecular flexibility index (Phi) is 6.47. The Morgan fingerprint density at radius 3 is 2.60 bits per heavy atom. The lowest BCUT2D eigenvalue weighted by molar-refractivity contribution is -0.120. The summed E-state index contributed by atoms with van der Waals surface area (Å²) in [5, 5.41) is 3.55. The van der Waals surface area contributed by atoms with Gasteiger partial charge in [-0.25, -0.2) is 18.6 Å². The van der Waals surface area contributed by atoms with Gasteiger partial charge in [-0.15, -0.1) is 0 Å². The van der Waals surface area contributed by atoms with Crippen LogP contribution in [0.1, 0.15) is 21.5 Å². The summed E-state index contributed by atoms with van der Waals surface area (Å²) in [6.45, 7) is 0.0283. The van der Waals surface area contributed by atoms with Crippen molar-refractivity contribution in [2.75, 3.05) is 14.2 Å². The number of amides is 1. The molecule has 0 radical (unpaired) electrons. The number of rotatable bonds is 6. The number of carbonyl (C=O) groups is 2. The Labute approximate surface area is 175 Å². The number of pyridine rings is 1. The van der Waals surface area contributed by atoms with Crippen molar-refractivity contribution < 1.29 is 27.8 Å². The first-order chi connectivity index (χ1) is 14.3. The quantitative estimate of drug-likeness (QED) is 0.597. The molecule has 1 heterocycles. The van der Waals surface area contributed by atoms with Gasteiger partial charge in [-0.2, -0.15) is 0 Å². The highest BCUT2D eigenvalue weighted by Crippen LogP contribution is 2.28. The standard InChI is InChI=1S/C21H17ClF2N2O4/c1-29-20-15(21(28)30-2)8-12-6-14(22)7-13(19(12)26-20)10-25-17(27)9-11-4-3-5-16(23)18(11)24/h3-8H,9-10H2,1-2H3,(H,25,27). The number of benzene rings is 2. The van der Waals surface area contributed by atoms with Gasteiger partial charge in [0.2, 0.25) is 11.8 Å². The highest BCUT2D eigenvalue weighted by atomic mass is 35.5. The number of fused-ring (bicyclic) bond motifs is 1. The molecule has 1 amide bonds. The van der Waals surface area contributed by atoms with Crippen LogP contribution in [0.3, 0.4) is 0 Å². The van der Waals surface area contributed by atoms with E-state index in [1.165, 1.54) is 32.4 Å². The fourth-order valence-corrected chi connectivity index (χ4v) is 3.21. The molecule has 6 nitrogen and oxygen atoms in total. The van der Waals surface area contributed by atoms with Crippen LogP contribution >= 0.6 is 11.6 Å². The van der Waals surface area contributed by atoms with Gasteiger partial charge < -0.3 is 14.8 Å². The number of nitrogens with one attached hydrogen (secondary N) is 1. The van der Waals surface area contributed by atoms with Crippen molar-refractivity contribution in [2.24, 2.45) is 0 Å². The van der Waals surface area contributed by atoms with E-state index < -0.39 is 23.5 Å². The van der Waals surface area contributed by atoms with E-state index in [0.29, 0.717) is 21.5 Å². The molecule has 1 aromatic heterocycles. The first kappa shape index (κ1) is 21.4. The number of esters is 1. The van der Waals surface area contributed by atoms with Crippen LogP contribution in [0, 0.1) is 11.6 Å². The molecule has 2 aromatic carbocycles.